The van der Waals surface area contributed by atoms with Gasteiger partial charge in [-0.3, -0.25) is 0 Å². The summed E-state index contributed by atoms with van der Waals surface area (Å²) in [5.41, 5.74) is 4.40. The lowest BCUT2D eigenvalue weighted by molar-refractivity contribution is 0.461. The van der Waals surface area contributed by atoms with Gasteiger partial charge in [0.25, 0.3) is 0 Å². The molecule has 0 aliphatic carbocycles. The van der Waals surface area contributed by atoms with E-state index in [1.165, 1.54) is 0 Å². The lowest BCUT2D eigenvalue weighted by Gasteiger charge is -2.33. The standard InChI is InChI=1S/C29H28O3S2/c1-28(2,21-10-14-24(31)26(33)16-21)18-4-6-19(7-5-18)29(3,20-8-12-23(30)13-9-20)22-11-15-25(32)27(34)17-22/h4-17,30-34H,1-3H3. The van der Waals surface area contributed by atoms with E-state index in [1.54, 1.807) is 24.3 Å². The van der Waals surface area contributed by atoms with E-state index in [2.05, 4.69) is 70.3 Å². The first kappa shape index (κ1) is 24.1. The van der Waals surface area contributed by atoms with E-state index < -0.39 is 5.41 Å². The fourth-order valence-corrected chi connectivity index (χ4v) is 4.86. The van der Waals surface area contributed by atoms with E-state index in [-0.39, 0.29) is 22.7 Å². The van der Waals surface area contributed by atoms with Crippen LogP contribution in [0.2, 0.25) is 0 Å². The number of phenolic OH excluding ortho intramolecular Hbond substituents is 3. The molecule has 0 radical (unpaired) electrons. The van der Waals surface area contributed by atoms with Gasteiger partial charge in [0.05, 0.1) is 0 Å². The Hall–Kier alpha value is -3.02. The highest BCUT2D eigenvalue weighted by Gasteiger charge is 2.32. The van der Waals surface area contributed by atoms with Gasteiger partial charge in [0.15, 0.2) is 0 Å². The lowest BCUT2D eigenvalue weighted by atomic mass is 9.70. The Balaban J connectivity index is 1.82. The molecular formula is C29H28O3S2. The van der Waals surface area contributed by atoms with Crippen molar-refractivity contribution in [2.75, 3.05) is 0 Å². The molecule has 34 heavy (non-hydrogen) atoms. The molecule has 0 heterocycles. The molecule has 4 aromatic carbocycles. The predicted molar refractivity (Wildman–Crippen MR) is 143 cm³/mol. The SMILES string of the molecule is CC(C)(c1ccc(C(C)(c2ccc(O)cc2)c2ccc(O)c(S)c2)cc1)c1ccc(O)c(S)c1. The molecule has 4 rings (SSSR count). The average molecular weight is 489 g/mol. The molecule has 174 valence electrons. The molecule has 0 aromatic heterocycles. The number of aromatic hydroxyl groups is 3. The maximum absolute atomic E-state index is 10.0. The summed E-state index contributed by atoms with van der Waals surface area (Å²) < 4.78 is 0. The van der Waals surface area contributed by atoms with Gasteiger partial charge in [-0.25, -0.2) is 0 Å². The summed E-state index contributed by atoms with van der Waals surface area (Å²) in [7, 11) is 0. The molecule has 3 N–H and O–H groups in total. The Labute approximate surface area is 211 Å². The van der Waals surface area contributed by atoms with Gasteiger partial charge in [-0.2, -0.15) is 0 Å². The zero-order chi connectivity index (χ0) is 24.7. The molecule has 1 unspecified atom stereocenters. The van der Waals surface area contributed by atoms with Gasteiger partial charge >= 0.3 is 0 Å². The third-order valence-electron chi connectivity index (χ3n) is 6.88. The Morgan fingerprint density at radius 2 is 0.882 bits per heavy atom. The van der Waals surface area contributed by atoms with Gasteiger partial charge in [-0.05, 0) is 71.1 Å². The van der Waals surface area contributed by atoms with Gasteiger partial charge in [0, 0.05) is 20.6 Å². The van der Waals surface area contributed by atoms with E-state index in [4.69, 9.17) is 0 Å². The van der Waals surface area contributed by atoms with Gasteiger partial charge in [-0.1, -0.05) is 62.4 Å². The van der Waals surface area contributed by atoms with Crippen LogP contribution in [0.5, 0.6) is 17.2 Å². The van der Waals surface area contributed by atoms with Crippen molar-refractivity contribution in [2.45, 2.75) is 41.4 Å². The number of phenols is 3. The minimum atomic E-state index is -0.543. The Morgan fingerprint density at radius 3 is 1.38 bits per heavy atom. The van der Waals surface area contributed by atoms with Crippen LogP contribution in [0.4, 0.5) is 0 Å². The van der Waals surface area contributed by atoms with E-state index in [0.29, 0.717) is 9.79 Å². The minimum absolute atomic E-state index is 0.134. The maximum Gasteiger partial charge on any atom is 0.128 e. The first-order chi connectivity index (χ1) is 16.0. The van der Waals surface area contributed by atoms with Crippen molar-refractivity contribution < 1.29 is 15.3 Å². The number of hydrogen-bond donors (Lipinski definition) is 5. The summed E-state index contributed by atoms with van der Waals surface area (Å²) >= 11 is 8.81. The summed E-state index contributed by atoms with van der Waals surface area (Å²) in [6.07, 6.45) is 0. The van der Waals surface area contributed by atoms with Crippen molar-refractivity contribution in [1.29, 1.82) is 0 Å². The number of rotatable bonds is 5. The van der Waals surface area contributed by atoms with Crippen molar-refractivity contribution in [1.82, 2.24) is 0 Å². The Bertz CT molecular complexity index is 1330. The molecule has 5 heteroatoms. The summed E-state index contributed by atoms with van der Waals surface area (Å²) in [4.78, 5) is 1.06. The van der Waals surface area contributed by atoms with Crippen LogP contribution in [-0.4, -0.2) is 15.3 Å². The smallest absolute Gasteiger partial charge is 0.128 e. The maximum atomic E-state index is 10.0. The van der Waals surface area contributed by atoms with Crippen LogP contribution in [0.25, 0.3) is 0 Å². The van der Waals surface area contributed by atoms with Gasteiger partial charge in [-0.15, -0.1) is 25.3 Å². The van der Waals surface area contributed by atoms with E-state index >= 15 is 0 Å². The highest BCUT2D eigenvalue weighted by Crippen LogP contribution is 2.42. The molecule has 0 aliphatic heterocycles. The molecular weight excluding hydrogens is 460 g/mol. The molecule has 0 spiro atoms. The number of hydrogen-bond acceptors (Lipinski definition) is 5. The molecule has 0 saturated heterocycles. The molecule has 1 atom stereocenters. The summed E-state index contributed by atoms with van der Waals surface area (Å²) in [6, 6.07) is 26.7. The topological polar surface area (TPSA) is 60.7 Å². The first-order valence-corrected chi connectivity index (χ1v) is 11.9. The van der Waals surface area contributed by atoms with Crippen LogP contribution in [-0.2, 0) is 10.8 Å². The highest BCUT2D eigenvalue weighted by atomic mass is 32.1. The Kier molecular flexibility index (Phi) is 6.36. The molecule has 0 aliphatic rings. The van der Waals surface area contributed by atoms with Crippen LogP contribution >= 0.6 is 25.3 Å². The second-order valence-corrected chi connectivity index (χ2v) is 10.2. The second-order valence-electron chi connectivity index (χ2n) is 9.28. The summed E-state index contributed by atoms with van der Waals surface area (Å²) in [5.74, 6) is 0.510. The summed E-state index contributed by atoms with van der Waals surface area (Å²) in [5, 5.41) is 29.7. The lowest BCUT2D eigenvalue weighted by Crippen LogP contribution is -2.26. The average Bonchev–Trinajstić information content (AvgIpc) is 2.82. The van der Waals surface area contributed by atoms with Crippen LogP contribution in [0.1, 0.15) is 48.6 Å². The van der Waals surface area contributed by atoms with Crippen molar-refractivity contribution in [2.24, 2.45) is 0 Å². The molecule has 3 nitrogen and oxygen atoms in total. The molecule has 0 amide bonds. The normalized spacial score (nSPS) is 13.4. The zero-order valence-corrected chi connectivity index (χ0v) is 21.1. The third kappa shape index (κ3) is 4.26. The van der Waals surface area contributed by atoms with Crippen LogP contribution in [0.15, 0.2) is 94.7 Å². The third-order valence-corrected chi connectivity index (χ3v) is 7.59. The van der Waals surface area contributed by atoms with Gasteiger partial charge < -0.3 is 15.3 Å². The van der Waals surface area contributed by atoms with Gasteiger partial charge in [0.2, 0.25) is 0 Å². The second kappa shape index (κ2) is 8.97. The first-order valence-electron chi connectivity index (χ1n) is 11.0. The fraction of sp³-hybridized carbons (Fsp3) is 0.172. The summed E-state index contributed by atoms with van der Waals surface area (Å²) in [6.45, 7) is 6.42. The fourth-order valence-electron chi connectivity index (χ4n) is 4.43. The van der Waals surface area contributed by atoms with Crippen molar-refractivity contribution >= 4 is 25.3 Å². The van der Waals surface area contributed by atoms with Crippen LogP contribution < -0.4 is 0 Å². The predicted octanol–water partition coefficient (Wildman–Crippen LogP) is 7.06. The van der Waals surface area contributed by atoms with Crippen molar-refractivity contribution in [3.8, 4) is 17.2 Å². The molecule has 0 bridgehead atoms. The van der Waals surface area contributed by atoms with E-state index in [1.807, 2.05) is 36.4 Å². The molecule has 0 saturated carbocycles. The van der Waals surface area contributed by atoms with Crippen molar-refractivity contribution in [3.63, 3.8) is 0 Å². The highest BCUT2D eigenvalue weighted by molar-refractivity contribution is 7.80. The van der Waals surface area contributed by atoms with Gasteiger partial charge in [0.1, 0.15) is 17.2 Å². The zero-order valence-electron chi connectivity index (χ0n) is 19.3. The molecule has 4 aromatic rings. The van der Waals surface area contributed by atoms with Crippen molar-refractivity contribution in [3.05, 3.63) is 113 Å². The van der Waals surface area contributed by atoms with Crippen LogP contribution in [0, 0.1) is 0 Å². The largest absolute Gasteiger partial charge is 0.508 e. The number of benzene rings is 4. The van der Waals surface area contributed by atoms with E-state index in [0.717, 1.165) is 27.8 Å². The van der Waals surface area contributed by atoms with E-state index in [9.17, 15) is 15.3 Å². The Morgan fingerprint density at radius 1 is 0.500 bits per heavy atom. The molecule has 0 fully saturated rings. The number of thiol groups is 2. The monoisotopic (exact) mass is 488 g/mol. The quantitative estimate of drug-likeness (QED) is 0.154. The van der Waals surface area contributed by atoms with Crippen LogP contribution in [0.3, 0.4) is 0 Å². The minimum Gasteiger partial charge on any atom is -0.508 e.